The average Bonchev–Trinajstić information content (AvgIpc) is 2.73. The molecule has 1 saturated heterocycles. The second-order valence-electron chi connectivity index (χ2n) is 5.09. The fourth-order valence-electron chi connectivity index (χ4n) is 2.88. The second-order valence-corrected chi connectivity index (χ2v) is 5.09. The SMILES string of the molecule is CCC1(C(=O)O)CCCN1Cc1cncc(C)c1. The quantitative estimate of drug-likeness (QED) is 0.887. The minimum Gasteiger partial charge on any atom is -0.480 e. The standard InChI is InChI=1S/C14H20N2O2/c1-3-14(13(17)18)5-4-6-16(14)10-12-7-11(2)8-15-9-12/h7-9H,3-6,10H2,1-2H3,(H,17,18). The summed E-state index contributed by atoms with van der Waals surface area (Å²) in [5, 5.41) is 9.51. The lowest BCUT2D eigenvalue weighted by Gasteiger charge is -2.33. The van der Waals surface area contributed by atoms with Crippen molar-refractivity contribution in [1.29, 1.82) is 0 Å². The minimum absolute atomic E-state index is 0.654. The molecule has 0 bridgehead atoms. The van der Waals surface area contributed by atoms with E-state index in [1.807, 2.05) is 26.2 Å². The first kappa shape index (κ1) is 13.0. The molecule has 1 atom stereocenters. The van der Waals surface area contributed by atoms with Crippen molar-refractivity contribution >= 4 is 5.97 Å². The lowest BCUT2D eigenvalue weighted by atomic mass is 9.92. The zero-order chi connectivity index (χ0) is 13.2. The molecule has 1 unspecified atom stereocenters. The van der Waals surface area contributed by atoms with Crippen LogP contribution in [0.2, 0.25) is 0 Å². The van der Waals surface area contributed by atoms with Crippen LogP contribution in [-0.4, -0.2) is 33.0 Å². The highest BCUT2D eigenvalue weighted by Crippen LogP contribution is 2.34. The van der Waals surface area contributed by atoms with Crippen LogP contribution >= 0.6 is 0 Å². The van der Waals surface area contributed by atoms with Gasteiger partial charge < -0.3 is 5.11 Å². The van der Waals surface area contributed by atoms with Crippen LogP contribution in [0.25, 0.3) is 0 Å². The molecule has 18 heavy (non-hydrogen) atoms. The monoisotopic (exact) mass is 248 g/mol. The molecule has 0 saturated carbocycles. The summed E-state index contributed by atoms with van der Waals surface area (Å²) in [5.41, 5.74) is 1.53. The summed E-state index contributed by atoms with van der Waals surface area (Å²) >= 11 is 0. The number of carboxylic acid groups (broad SMARTS) is 1. The average molecular weight is 248 g/mol. The maximum Gasteiger partial charge on any atom is 0.324 e. The molecule has 1 aliphatic rings. The zero-order valence-electron chi connectivity index (χ0n) is 11.0. The Morgan fingerprint density at radius 3 is 2.94 bits per heavy atom. The van der Waals surface area contributed by atoms with Crippen molar-refractivity contribution in [3.63, 3.8) is 0 Å². The largest absolute Gasteiger partial charge is 0.480 e. The van der Waals surface area contributed by atoms with Gasteiger partial charge in [-0.2, -0.15) is 0 Å². The molecule has 0 spiro atoms. The number of hydrogen-bond donors (Lipinski definition) is 1. The summed E-state index contributed by atoms with van der Waals surface area (Å²) in [6.45, 7) is 5.49. The predicted molar refractivity (Wildman–Crippen MR) is 69.3 cm³/mol. The minimum atomic E-state index is -0.692. The van der Waals surface area contributed by atoms with Crippen molar-refractivity contribution in [3.8, 4) is 0 Å². The Kier molecular flexibility index (Phi) is 3.66. The van der Waals surface area contributed by atoms with Gasteiger partial charge in [0.2, 0.25) is 0 Å². The van der Waals surface area contributed by atoms with E-state index in [9.17, 15) is 9.90 Å². The van der Waals surface area contributed by atoms with E-state index in [4.69, 9.17) is 0 Å². The molecule has 1 aliphatic heterocycles. The fourth-order valence-corrected chi connectivity index (χ4v) is 2.88. The van der Waals surface area contributed by atoms with Gasteiger partial charge in [-0.05, 0) is 43.9 Å². The number of nitrogens with zero attached hydrogens (tertiary/aromatic N) is 2. The topological polar surface area (TPSA) is 53.4 Å². The van der Waals surface area contributed by atoms with Crippen molar-refractivity contribution in [2.45, 2.75) is 45.2 Å². The van der Waals surface area contributed by atoms with Gasteiger partial charge in [0.25, 0.3) is 0 Å². The molecule has 1 fully saturated rings. The highest BCUT2D eigenvalue weighted by Gasteiger charge is 2.45. The molecule has 0 radical (unpaired) electrons. The Balaban J connectivity index is 2.20. The van der Waals surface area contributed by atoms with Gasteiger partial charge >= 0.3 is 5.97 Å². The van der Waals surface area contributed by atoms with Gasteiger partial charge in [-0.1, -0.05) is 13.0 Å². The summed E-state index contributed by atoms with van der Waals surface area (Å²) in [6.07, 6.45) is 6.00. The van der Waals surface area contributed by atoms with E-state index >= 15 is 0 Å². The van der Waals surface area contributed by atoms with Crippen molar-refractivity contribution < 1.29 is 9.90 Å². The molecule has 1 aromatic heterocycles. The molecule has 2 rings (SSSR count). The second kappa shape index (κ2) is 5.06. The van der Waals surface area contributed by atoms with Gasteiger partial charge in [0.05, 0.1) is 0 Å². The van der Waals surface area contributed by atoms with E-state index in [2.05, 4.69) is 16.0 Å². The maximum atomic E-state index is 11.6. The summed E-state index contributed by atoms with van der Waals surface area (Å²) in [5.74, 6) is -0.692. The highest BCUT2D eigenvalue weighted by molar-refractivity contribution is 5.79. The van der Waals surface area contributed by atoms with Gasteiger partial charge in [-0.15, -0.1) is 0 Å². The van der Waals surface area contributed by atoms with Crippen molar-refractivity contribution in [3.05, 3.63) is 29.6 Å². The predicted octanol–water partition coefficient (Wildman–Crippen LogP) is 2.22. The van der Waals surface area contributed by atoms with Crippen molar-refractivity contribution in [1.82, 2.24) is 9.88 Å². The molecule has 4 nitrogen and oxygen atoms in total. The molecule has 0 amide bonds. The summed E-state index contributed by atoms with van der Waals surface area (Å²) in [7, 11) is 0. The lowest BCUT2D eigenvalue weighted by molar-refractivity contribution is -0.150. The molecule has 2 heterocycles. The Bertz CT molecular complexity index is 447. The number of pyridine rings is 1. The van der Waals surface area contributed by atoms with E-state index in [1.165, 1.54) is 0 Å². The summed E-state index contributed by atoms with van der Waals surface area (Å²) < 4.78 is 0. The van der Waals surface area contributed by atoms with E-state index in [0.29, 0.717) is 13.0 Å². The number of hydrogen-bond acceptors (Lipinski definition) is 3. The molecule has 1 aromatic rings. The third-order valence-corrected chi connectivity index (χ3v) is 3.91. The number of aliphatic carboxylic acids is 1. The normalized spacial score (nSPS) is 24.3. The molecule has 1 N–H and O–H groups in total. The molecule has 98 valence electrons. The van der Waals surface area contributed by atoms with E-state index in [0.717, 1.165) is 30.5 Å². The van der Waals surface area contributed by atoms with Gasteiger partial charge in [0.1, 0.15) is 5.54 Å². The first-order chi connectivity index (χ1) is 8.58. The number of aryl methyl sites for hydroxylation is 1. The highest BCUT2D eigenvalue weighted by atomic mass is 16.4. The third-order valence-electron chi connectivity index (χ3n) is 3.91. The van der Waals surface area contributed by atoms with Crippen LogP contribution in [-0.2, 0) is 11.3 Å². The number of carboxylic acids is 1. The smallest absolute Gasteiger partial charge is 0.324 e. The van der Waals surface area contributed by atoms with Crippen LogP contribution < -0.4 is 0 Å². The van der Waals surface area contributed by atoms with Gasteiger partial charge in [-0.25, -0.2) is 0 Å². The molecule has 4 heteroatoms. The first-order valence-corrected chi connectivity index (χ1v) is 6.47. The van der Waals surface area contributed by atoms with Crippen LogP contribution in [0.3, 0.4) is 0 Å². The van der Waals surface area contributed by atoms with Crippen LogP contribution in [0.4, 0.5) is 0 Å². The molecular weight excluding hydrogens is 228 g/mol. The zero-order valence-corrected chi connectivity index (χ0v) is 11.0. The Labute approximate surface area is 108 Å². The number of rotatable bonds is 4. The van der Waals surface area contributed by atoms with Gasteiger partial charge in [-0.3, -0.25) is 14.7 Å². The number of carbonyl (C=O) groups is 1. The molecular formula is C14H20N2O2. The lowest BCUT2D eigenvalue weighted by Crippen LogP contribution is -2.49. The molecule has 0 aliphatic carbocycles. The van der Waals surface area contributed by atoms with Gasteiger partial charge in [0.15, 0.2) is 0 Å². The Hall–Kier alpha value is -1.42. The van der Waals surface area contributed by atoms with Gasteiger partial charge in [0, 0.05) is 18.9 Å². The van der Waals surface area contributed by atoms with Crippen molar-refractivity contribution in [2.24, 2.45) is 0 Å². The van der Waals surface area contributed by atoms with Crippen LogP contribution in [0.1, 0.15) is 37.3 Å². The Morgan fingerprint density at radius 2 is 2.33 bits per heavy atom. The fraction of sp³-hybridized carbons (Fsp3) is 0.571. The third kappa shape index (κ3) is 2.25. The Morgan fingerprint density at radius 1 is 1.56 bits per heavy atom. The van der Waals surface area contributed by atoms with E-state index in [1.54, 1.807) is 0 Å². The van der Waals surface area contributed by atoms with Crippen LogP contribution in [0.15, 0.2) is 18.5 Å². The van der Waals surface area contributed by atoms with E-state index < -0.39 is 11.5 Å². The first-order valence-electron chi connectivity index (χ1n) is 6.47. The van der Waals surface area contributed by atoms with Crippen LogP contribution in [0.5, 0.6) is 0 Å². The maximum absolute atomic E-state index is 11.6. The van der Waals surface area contributed by atoms with E-state index in [-0.39, 0.29) is 0 Å². The van der Waals surface area contributed by atoms with Crippen molar-refractivity contribution in [2.75, 3.05) is 6.54 Å². The van der Waals surface area contributed by atoms with Crippen LogP contribution in [0, 0.1) is 6.92 Å². The summed E-state index contributed by atoms with van der Waals surface area (Å²) in [4.78, 5) is 17.8. The summed E-state index contributed by atoms with van der Waals surface area (Å²) in [6, 6.07) is 2.08. The number of likely N-dealkylation sites (tertiary alicyclic amines) is 1. The molecule has 0 aromatic carbocycles. The number of aromatic nitrogens is 1.